The van der Waals surface area contributed by atoms with E-state index < -0.39 is 5.97 Å². The molecule has 0 aliphatic heterocycles. The number of carbonyl (C=O) groups excluding carboxylic acids is 1. The molecule has 3 N–H and O–H groups in total. The molecular weight excluding hydrogens is 240 g/mol. The summed E-state index contributed by atoms with van der Waals surface area (Å²) >= 11 is 0. The van der Waals surface area contributed by atoms with Gasteiger partial charge in [-0.05, 0) is 19.3 Å². The van der Waals surface area contributed by atoms with Crippen LogP contribution in [0.3, 0.4) is 0 Å². The topological polar surface area (TPSA) is 104 Å². The normalized spacial score (nSPS) is 9.28. The third kappa shape index (κ3) is 20.3. The van der Waals surface area contributed by atoms with Crippen LogP contribution in [0.1, 0.15) is 45.4 Å². The summed E-state index contributed by atoms with van der Waals surface area (Å²) in [4.78, 5) is 21.1. The van der Waals surface area contributed by atoms with E-state index in [-0.39, 0.29) is 25.6 Å². The van der Waals surface area contributed by atoms with Crippen molar-refractivity contribution in [3.63, 3.8) is 0 Å². The van der Waals surface area contributed by atoms with Crippen LogP contribution in [0.2, 0.25) is 0 Å². The van der Waals surface area contributed by atoms with Crippen LogP contribution in [0.5, 0.6) is 0 Å². The summed E-state index contributed by atoms with van der Waals surface area (Å²) in [5.41, 5.74) is 0. The van der Waals surface area contributed by atoms with Gasteiger partial charge in [0, 0.05) is 12.8 Å². The van der Waals surface area contributed by atoms with E-state index in [1.54, 1.807) is 0 Å². The molecule has 0 bridgehead atoms. The fraction of sp³-hybridized carbons (Fsp3) is 0.833. The SMILES string of the molecule is CCCCOC(=O)CCCCC(=O)O.OCCO. The number of aliphatic hydroxyl groups is 2. The molecule has 6 nitrogen and oxygen atoms in total. The Bertz CT molecular complexity index is 203. The number of hydrogen-bond acceptors (Lipinski definition) is 5. The van der Waals surface area contributed by atoms with Crippen LogP contribution in [0, 0.1) is 0 Å². The van der Waals surface area contributed by atoms with Gasteiger partial charge in [0.1, 0.15) is 0 Å². The maximum absolute atomic E-state index is 11.0. The highest BCUT2D eigenvalue weighted by Crippen LogP contribution is 2.01. The molecule has 6 heteroatoms. The predicted molar refractivity (Wildman–Crippen MR) is 66.1 cm³/mol. The Kier molecular flexibility index (Phi) is 16.9. The van der Waals surface area contributed by atoms with Gasteiger partial charge in [-0.3, -0.25) is 9.59 Å². The van der Waals surface area contributed by atoms with Gasteiger partial charge < -0.3 is 20.1 Å². The molecule has 0 aromatic rings. The summed E-state index contributed by atoms with van der Waals surface area (Å²) in [5, 5.41) is 23.6. The molecule has 0 unspecified atom stereocenters. The average Bonchev–Trinajstić information content (AvgIpc) is 2.35. The standard InChI is InChI=1S/C10H18O4.C2H6O2/c1-2-3-8-14-10(13)7-5-4-6-9(11)12;3-1-2-4/h2-8H2,1H3,(H,11,12);3-4H,1-2H2. The van der Waals surface area contributed by atoms with Crippen molar-refractivity contribution < 1.29 is 29.6 Å². The van der Waals surface area contributed by atoms with Crippen LogP contribution >= 0.6 is 0 Å². The van der Waals surface area contributed by atoms with Gasteiger partial charge in [-0.2, -0.15) is 0 Å². The molecule has 0 aliphatic carbocycles. The molecule has 0 heterocycles. The number of aliphatic hydroxyl groups excluding tert-OH is 2. The summed E-state index contributed by atoms with van der Waals surface area (Å²) in [7, 11) is 0. The van der Waals surface area contributed by atoms with E-state index in [9.17, 15) is 9.59 Å². The first-order chi connectivity index (χ1) is 8.58. The molecule has 0 saturated heterocycles. The van der Waals surface area contributed by atoms with Gasteiger partial charge in [0.2, 0.25) is 0 Å². The van der Waals surface area contributed by atoms with Gasteiger partial charge in [-0.25, -0.2) is 0 Å². The molecule has 0 fully saturated rings. The maximum atomic E-state index is 11.0. The maximum Gasteiger partial charge on any atom is 0.305 e. The van der Waals surface area contributed by atoms with Gasteiger partial charge in [0.25, 0.3) is 0 Å². The highest BCUT2D eigenvalue weighted by molar-refractivity contribution is 5.69. The number of carbonyl (C=O) groups is 2. The number of unbranched alkanes of at least 4 members (excludes halogenated alkanes) is 2. The van der Waals surface area contributed by atoms with Crippen LogP contribution in [0.4, 0.5) is 0 Å². The predicted octanol–water partition coefficient (Wildman–Crippen LogP) is 0.946. The number of carboxylic acid groups (broad SMARTS) is 1. The van der Waals surface area contributed by atoms with Crippen molar-refractivity contribution in [2.75, 3.05) is 19.8 Å². The Morgan fingerprint density at radius 3 is 2.00 bits per heavy atom. The number of ether oxygens (including phenoxy) is 1. The Morgan fingerprint density at radius 1 is 1.00 bits per heavy atom. The van der Waals surface area contributed by atoms with E-state index in [1.165, 1.54) is 0 Å². The quantitative estimate of drug-likeness (QED) is 0.423. The molecule has 0 saturated carbocycles. The summed E-state index contributed by atoms with van der Waals surface area (Å²) in [5.74, 6) is -1.03. The molecule has 0 aromatic carbocycles. The zero-order chi connectivity index (χ0) is 14.2. The van der Waals surface area contributed by atoms with Crippen molar-refractivity contribution in [2.45, 2.75) is 45.4 Å². The monoisotopic (exact) mass is 264 g/mol. The minimum Gasteiger partial charge on any atom is -0.481 e. The van der Waals surface area contributed by atoms with Crippen molar-refractivity contribution in [3.05, 3.63) is 0 Å². The van der Waals surface area contributed by atoms with E-state index in [4.69, 9.17) is 20.1 Å². The molecule has 0 rings (SSSR count). The highest BCUT2D eigenvalue weighted by atomic mass is 16.5. The molecule has 0 radical (unpaired) electrons. The first-order valence-electron chi connectivity index (χ1n) is 6.17. The smallest absolute Gasteiger partial charge is 0.305 e. The fourth-order valence-corrected chi connectivity index (χ4v) is 0.948. The summed E-state index contributed by atoms with van der Waals surface area (Å²) in [6.45, 7) is 2.26. The van der Waals surface area contributed by atoms with E-state index in [0.717, 1.165) is 12.8 Å². The zero-order valence-corrected chi connectivity index (χ0v) is 10.9. The fourth-order valence-electron chi connectivity index (χ4n) is 0.948. The lowest BCUT2D eigenvalue weighted by Crippen LogP contribution is -2.05. The van der Waals surface area contributed by atoms with Crippen LogP contribution in [0.15, 0.2) is 0 Å². The largest absolute Gasteiger partial charge is 0.481 e. The number of carboxylic acids is 1. The first kappa shape index (κ1) is 19.2. The Balaban J connectivity index is 0. The zero-order valence-electron chi connectivity index (χ0n) is 10.9. The van der Waals surface area contributed by atoms with Gasteiger partial charge in [0.15, 0.2) is 0 Å². The molecule has 0 spiro atoms. The van der Waals surface area contributed by atoms with Crippen molar-refractivity contribution in [3.8, 4) is 0 Å². The number of rotatable bonds is 9. The molecule has 0 atom stereocenters. The second-order valence-electron chi connectivity index (χ2n) is 3.62. The lowest BCUT2D eigenvalue weighted by molar-refractivity contribution is -0.144. The van der Waals surface area contributed by atoms with Crippen molar-refractivity contribution >= 4 is 11.9 Å². The lowest BCUT2D eigenvalue weighted by Gasteiger charge is -2.02. The highest BCUT2D eigenvalue weighted by Gasteiger charge is 2.03. The summed E-state index contributed by atoms with van der Waals surface area (Å²) < 4.78 is 4.90. The summed E-state index contributed by atoms with van der Waals surface area (Å²) in [6.07, 6.45) is 3.49. The van der Waals surface area contributed by atoms with Crippen molar-refractivity contribution in [1.82, 2.24) is 0 Å². The van der Waals surface area contributed by atoms with Crippen LogP contribution in [-0.4, -0.2) is 47.1 Å². The number of esters is 1. The van der Waals surface area contributed by atoms with Gasteiger partial charge in [-0.15, -0.1) is 0 Å². The van der Waals surface area contributed by atoms with E-state index in [2.05, 4.69) is 0 Å². The van der Waals surface area contributed by atoms with Crippen LogP contribution in [0.25, 0.3) is 0 Å². The summed E-state index contributed by atoms with van der Waals surface area (Å²) in [6, 6.07) is 0. The molecular formula is C12H24O6. The number of aliphatic carboxylic acids is 1. The third-order valence-electron chi connectivity index (χ3n) is 1.88. The first-order valence-corrected chi connectivity index (χ1v) is 6.17. The van der Waals surface area contributed by atoms with Gasteiger partial charge >= 0.3 is 11.9 Å². The van der Waals surface area contributed by atoms with E-state index in [1.807, 2.05) is 6.92 Å². The Labute approximate surface area is 108 Å². The van der Waals surface area contributed by atoms with Crippen molar-refractivity contribution in [2.24, 2.45) is 0 Å². The molecule has 0 aliphatic rings. The van der Waals surface area contributed by atoms with Crippen LogP contribution < -0.4 is 0 Å². The molecule has 108 valence electrons. The van der Waals surface area contributed by atoms with Gasteiger partial charge in [-0.1, -0.05) is 13.3 Å². The minimum atomic E-state index is -0.815. The van der Waals surface area contributed by atoms with Crippen molar-refractivity contribution in [1.29, 1.82) is 0 Å². The molecule has 0 aromatic heterocycles. The van der Waals surface area contributed by atoms with Crippen LogP contribution in [-0.2, 0) is 14.3 Å². The Hall–Kier alpha value is -1.14. The minimum absolute atomic E-state index is 0.125. The van der Waals surface area contributed by atoms with Gasteiger partial charge in [0.05, 0.1) is 19.8 Å². The number of hydrogen-bond donors (Lipinski definition) is 3. The second-order valence-corrected chi connectivity index (χ2v) is 3.62. The molecule has 0 amide bonds. The molecule has 18 heavy (non-hydrogen) atoms. The van der Waals surface area contributed by atoms with E-state index >= 15 is 0 Å². The Morgan fingerprint density at radius 2 is 1.56 bits per heavy atom. The lowest BCUT2D eigenvalue weighted by atomic mass is 10.2. The second kappa shape index (κ2) is 15.9. The average molecular weight is 264 g/mol. The third-order valence-corrected chi connectivity index (χ3v) is 1.88. The van der Waals surface area contributed by atoms with E-state index in [0.29, 0.717) is 25.9 Å².